The molecule has 2 unspecified atom stereocenters. The van der Waals surface area contributed by atoms with Gasteiger partial charge in [-0.15, -0.1) is 0 Å². The minimum absolute atomic E-state index is 0.341. The first-order chi connectivity index (χ1) is 12.3. The summed E-state index contributed by atoms with van der Waals surface area (Å²) in [6.45, 7) is 1.57. The van der Waals surface area contributed by atoms with Crippen molar-refractivity contribution in [1.29, 1.82) is 0 Å². The van der Waals surface area contributed by atoms with E-state index in [1.54, 1.807) is 31.2 Å². The summed E-state index contributed by atoms with van der Waals surface area (Å²) < 4.78 is 5.55. The molecule has 5 rings (SSSR count). The average Bonchev–Trinajstić information content (AvgIpc) is 2.54. The van der Waals surface area contributed by atoms with Crippen molar-refractivity contribution in [2.45, 2.75) is 57.2 Å². The molecule has 0 saturated heterocycles. The zero-order valence-electron chi connectivity index (χ0n) is 14.8. The van der Waals surface area contributed by atoms with Crippen LogP contribution in [0, 0.1) is 17.3 Å². The fourth-order valence-corrected chi connectivity index (χ4v) is 5.77. The van der Waals surface area contributed by atoms with Crippen LogP contribution in [0.1, 0.15) is 45.4 Å². The first kappa shape index (κ1) is 17.8. The minimum atomic E-state index is -0.915. The van der Waals surface area contributed by atoms with Gasteiger partial charge < -0.3 is 15.2 Å². The van der Waals surface area contributed by atoms with Crippen LogP contribution in [-0.4, -0.2) is 28.7 Å². The second kappa shape index (κ2) is 6.24. The number of carbonyl (C=O) groups excluding carboxylic acids is 2. The van der Waals surface area contributed by atoms with Crippen molar-refractivity contribution in [1.82, 2.24) is 0 Å². The van der Waals surface area contributed by atoms with Crippen LogP contribution < -0.4 is 5.32 Å². The molecule has 26 heavy (non-hydrogen) atoms. The highest BCUT2D eigenvalue weighted by atomic mass is 35.5. The quantitative estimate of drug-likeness (QED) is 0.787. The highest BCUT2D eigenvalue weighted by Gasteiger charge is 2.61. The molecular weight excluding hydrogens is 354 g/mol. The number of aliphatic hydroxyl groups is 1. The standard InChI is InChI=1S/C20H24ClNO4/c1-12(17(23)22-16-5-3-2-4-15(16)21)26-18(24)19-7-13-6-14(8-19)10-20(25,9-13)11-19/h2-5,12-14,25H,6-11H2,1H3,(H,22,23)/t12-,13-,14+,19?,20?/m0/s1. The molecule has 6 heteroatoms. The van der Waals surface area contributed by atoms with E-state index in [1.807, 2.05) is 0 Å². The third-order valence-corrected chi connectivity index (χ3v) is 6.58. The van der Waals surface area contributed by atoms with E-state index in [1.165, 1.54) is 0 Å². The van der Waals surface area contributed by atoms with Crippen LogP contribution in [0.5, 0.6) is 0 Å². The molecule has 5 atom stereocenters. The molecule has 4 aliphatic rings. The van der Waals surface area contributed by atoms with Gasteiger partial charge in [-0.2, -0.15) is 0 Å². The number of esters is 1. The Morgan fingerprint density at radius 1 is 1.23 bits per heavy atom. The van der Waals surface area contributed by atoms with E-state index < -0.39 is 23.0 Å². The zero-order chi connectivity index (χ0) is 18.5. The third kappa shape index (κ3) is 3.12. The number of nitrogens with one attached hydrogen (secondary N) is 1. The van der Waals surface area contributed by atoms with E-state index in [2.05, 4.69) is 5.32 Å². The molecule has 1 aromatic carbocycles. The Labute approximate surface area is 158 Å². The van der Waals surface area contributed by atoms with Gasteiger partial charge in [0.2, 0.25) is 0 Å². The van der Waals surface area contributed by atoms with Crippen LogP contribution in [0.4, 0.5) is 5.69 Å². The third-order valence-electron chi connectivity index (χ3n) is 6.25. The number of carbonyl (C=O) groups is 2. The van der Waals surface area contributed by atoms with Crippen molar-refractivity contribution in [3.8, 4) is 0 Å². The number of hydrogen-bond acceptors (Lipinski definition) is 4. The Balaban J connectivity index is 1.43. The molecule has 0 spiro atoms. The number of benzene rings is 1. The van der Waals surface area contributed by atoms with E-state index in [0.29, 0.717) is 29.0 Å². The predicted octanol–water partition coefficient (Wildman–Crippen LogP) is 3.54. The monoisotopic (exact) mass is 377 g/mol. The first-order valence-electron chi connectivity index (χ1n) is 9.27. The number of rotatable bonds is 4. The Hall–Kier alpha value is -1.59. The van der Waals surface area contributed by atoms with Gasteiger partial charge in [-0.05, 0) is 69.4 Å². The van der Waals surface area contributed by atoms with E-state index in [0.717, 1.165) is 32.1 Å². The van der Waals surface area contributed by atoms with Gasteiger partial charge in [-0.1, -0.05) is 23.7 Å². The molecule has 2 N–H and O–H groups in total. The summed E-state index contributed by atoms with van der Waals surface area (Å²) >= 11 is 6.05. The van der Waals surface area contributed by atoms with Crippen molar-refractivity contribution in [2.75, 3.05) is 5.32 Å². The molecule has 5 nitrogen and oxygen atoms in total. The Morgan fingerprint density at radius 3 is 2.50 bits per heavy atom. The molecular formula is C20H24ClNO4. The van der Waals surface area contributed by atoms with E-state index in [4.69, 9.17) is 16.3 Å². The molecule has 0 aliphatic heterocycles. The first-order valence-corrected chi connectivity index (χ1v) is 9.65. The van der Waals surface area contributed by atoms with Crippen molar-refractivity contribution in [3.05, 3.63) is 29.3 Å². The summed E-state index contributed by atoms with van der Waals surface area (Å²) in [5, 5.41) is 13.9. The maximum Gasteiger partial charge on any atom is 0.312 e. The molecule has 0 aromatic heterocycles. The van der Waals surface area contributed by atoms with Gasteiger partial charge in [0.15, 0.2) is 6.10 Å². The molecule has 4 saturated carbocycles. The molecule has 1 aromatic rings. The number of anilines is 1. The van der Waals surface area contributed by atoms with E-state index in [9.17, 15) is 14.7 Å². The molecule has 1 amide bonds. The van der Waals surface area contributed by atoms with E-state index in [-0.39, 0.29) is 5.97 Å². The van der Waals surface area contributed by atoms with Gasteiger partial charge in [-0.3, -0.25) is 9.59 Å². The molecule has 140 valence electrons. The maximum atomic E-state index is 12.9. The summed E-state index contributed by atoms with van der Waals surface area (Å²) in [7, 11) is 0. The normalized spacial score (nSPS) is 35.8. The van der Waals surface area contributed by atoms with Crippen LogP contribution >= 0.6 is 11.6 Å². The average molecular weight is 378 g/mol. The molecule has 4 aliphatic carbocycles. The van der Waals surface area contributed by atoms with Crippen molar-refractivity contribution < 1.29 is 19.4 Å². The van der Waals surface area contributed by atoms with Gasteiger partial charge in [0.05, 0.1) is 21.7 Å². The second-order valence-corrected chi connectivity index (χ2v) is 8.89. The van der Waals surface area contributed by atoms with Crippen LogP contribution in [0.15, 0.2) is 24.3 Å². The van der Waals surface area contributed by atoms with Gasteiger partial charge in [0.25, 0.3) is 5.91 Å². The maximum absolute atomic E-state index is 12.9. The number of hydrogen-bond donors (Lipinski definition) is 2. The van der Waals surface area contributed by atoms with E-state index >= 15 is 0 Å². The topological polar surface area (TPSA) is 75.6 Å². The Bertz CT molecular complexity index is 735. The number of ether oxygens (including phenoxy) is 1. The van der Waals surface area contributed by atoms with Crippen LogP contribution in [0.2, 0.25) is 5.02 Å². The second-order valence-electron chi connectivity index (χ2n) is 8.48. The van der Waals surface area contributed by atoms with Crippen molar-refractivity contribution >= 4 is 29.2 Å². The van der Waals surface area contributed by atoms with Crippen LogP contribution in [-0.2, 0) is 14.3 Å². The zero-order valence-corrected chi connectivity index (χ0v) is 15.6. The fraction of sp³-hybridized carbons (Fsp3) is 0.600. The van der Waals surface area contributed by atoms with Crippen LogP contribution in [0.25, 0.3) is 0 Å². The summed E-state index contributed by atoms with van der Waals surface area (Å²) in [5.41, 5.74) is -0.865. The number of halogens is 1. The highest BCUT2D eigenvalue weighted by molar-refractivity contribution is 6.33. The predicted molar refractivity (Wildman–Crippen MR) is 97.7 cm³/mol. The van der Waals surface area contributed by atoms with Gasteiger partial charge in [-0.25, -0.2) is 0 Å². The number of amides is 1. The Kier molecular flexibility index (Phi) is 4.27. The lowest BCUT2D eigenvalue weighted by Crippen LogP contribution is -2.59. The molecule has 4 fully saturated rings. The lowest BCUT2D eigenvalue weighted by atomic mass is 9.48. The lowest BCUT2D eigenvalue weighted by Gasteiger charge is -2.58. The summed E-state index contributed by atoms with van der Waals surface area (Å²) in [6.07, 6.45) is 3.76. The lowest BCUT2D eigenvalue weighted by molar-refractivity contribution is -0.199. The SMILES string of the molecule is C[C@H](OC(=O)C12C[C@@H]3C[C@@H](CC(O)(C3)C1)C2)C(=O)Nc1ccccc1Cl. The van der Waals surface area contributed by atoms with Crippen molar-refractivity contribution in [2.24, 2.45) is 17.3 Å². The fourth-order valence-electron chi connectivity index (χ4n) is 5.59. The van der Waals surface area contributed by atoms with Gasteiger partial charge in [0, 0.05) is 0 Å². The number of para-hydroxylation sites is 1. The Morgan fingerprint density at radius 2 is 1.88 bits per heavy atom. The molecule has 0 radical (unpaired) electrons. The van der Waals surface area contributed by atoms with Gasteiger partial charge >= 0.3 is 5.97 Å². The van der Waals surface area contributed by atoms with Gasteiger partial charge in [0.1, 0.15) is 0 Å². The molecule has 4 bridgehead atoms. The highest BCUT2D eigenvalue weighted by Crippen LogP contribution is 2.62. The largest absolute Gasteiger partial charge is 0.452 e. The summed E-state index contributed by atoms with van der Waals surface area (Å²) in [6, 6.07) is 6.93. The smallest absolute Gasteiger partial charge is 0.312 e. The summed E-state index contributed by atoms with van der Waals surface area (Å²) in [4.78, 5) is 25.3. The molecule has 0 heterocycles. The van der Waals surface area contributed by atoms with Crippen LogP contribution in [0.3, 0.4) is 0 Å². The van der Waals surface area contributed by atoms with Crippen molar-refractivity contribution in [3.63, 3.8) is 0 Å². The summed E-state index contributed by atoms with van der Waals surface area (Å²) in [5.74, 6) is 0.0313. The minimum Gasteiger partial charge on any atom is -0.452 e.